The summed E-state index contributed by atoms with van der Waals surface area (Å²) in [5, 5.41) is 1.42. The van der Waals surface area contributed by atoms with Crippen LogP contribution in [0, 0.1) is 0 Å². The molecule has 0 saturated heterocycles. The first-order valence-corrected chi connectivity index (χ1v) is 9.58. The van der Waals surface area contributed by atoms with E-state index < -0.39 is 11.7 Å². The van der Waals surface area contributed by atoms with Crippen LogP contribution in [0.25, 0.3) is 10.9 Å². The summed E-state index contributed by atoms with van der Waals surface area (Å²) in [7, 11) is 0. The number of fused-ring (bicyclic) bond motifs is 1. The predicted molar refractivity (Wildman–Crippen MR) is 116 cm³/mol. The van der Waals surface area contributed by atoms with E-state index in [4.69, 9.17) is 4.74 Å². The van der Waals surface area contributed by atoms with E-state index >= 15 is 0 Å². The standard InChI is InChI=1S/C20H19F3N2OS.2ClH/c1-14(26-17-5-2-10-24-13-17)4-3-11-27-19-9-7-15-6-8-16(20(21,22)23)12-18(15)25-19;;/h2,5-10,12-14H,3-4,11H2,1H3;2*1H. The summed E-state index contributed by atoms with van der Waals surface area (Å²) in [6, 6.07) is 11.0. The third-order valence-corrected chi connectivity index (χ3v) is 4.99. The van der Waals surface area contributed by atoms with Crippen molar-refractivity contribution in [2.45, 2.75) is 37.1 Å². The van der Waals surface area contributed by atoms with Crippen LogP contribution in [0.3, 0.4) is 0 Å². The van der Waals surface area contributed by atoms with Gasteiger partial charge in [0, 0.05) is 11.6 Å². The number of nitrogens with zero attached hydrogens (tertiary/aromatic N) is 2. The number of hydrogen-bond acceptors (Lipinski definition) is 4. The van der Waals surface area contributed by atoms with Crippen LogP contribution in [0.15, 0.2) is 59.9 Å². The Balaban J connectivity index is 0.00000210. The van der Waals surface area contributed by atoms with Crippen molar-refractivity contribution in [1.29, 1.82) is 0 Å². The van der Waals surface area contributed by atoms with Crippen LogP contribution in [0.4, 0.5) is 13.2 Å². The van der Waals surface area contributed by atoms with Crippen molar-refractivity contribution in [3.05, 3.63) is 60.4 Å². The molecule has 29 heavy (non-hydrogen) atoms. The summed E-state index contributed by atoms with van der Waals surface area (Å²) in [4.78, 5) is 8.37. The fraction of sp³-hybridized carbons (Fsp3) is 0.300. The Morgan fingerprint density at radius 3 is 2.55 bits per heavy atom. The van der Waals surface area contributed by atoms with Crippen molar-refractivity contribution in [2.24, 2.45) is 0 Å². The van der Waals surface area contributed by atoms with Gasteiger partial charge in [-0.25, -0.2) is 4.98 Å². The Labute approximate surface area is 184 Å². The molecule has 0 saturated carbocycles. The van der Waals surface area contributed by atoms with Gasteiger partial charge in [-0.1, -0.05) is 12.1 Å². The topological polar surface area (TPSA) is 35.0 Å². The second-order valence-corrected chi connectivity index (χ2v) is 7.28. The number of ether oxygens (including phenoxy) is 1. The number of pyridine rings is 2. The zero-order valence-electron chi connectivity index (χ0n) is 15.6. The molecule has 0 aliphatic heterocycles. The average Bonchev–Trinajstić information content (AvgIpc) is 2.65. The largest absolute Gasteiger partial charge is 0.489 e. The predicted octanol–water partition coefficient (Wildman–Crippen LogP) is 6.83. The molecule has 1 aromatic carbocycles. The SMILES string of the molecule is CC(CCCSc1ccc2ccc(C(F)(F)F)cc2n1)Oc1cccnc1.Cl.Cl. The van der Waals surface area contributed by atoms with E-state index in [9.17, 15) is 13.2 Å². The second kappa shape index (κ2) is 11.5. The van der Waals surface area contributed by atoms with E-state index in [1.165, 1.54) is 17.8 Å². The molecule has 0 amide bonds. The third-order valence-electron chi connectivity index (χ3n) is 3.97. The Bertz CT molecular complexity index is 898. The maximum Gasteiger partial charge on any atom is 0.416 e. The summed E-state index contributed by atoms with van der Waals surface area (Å²) in [6.07, 6.45) is 0.863. The van der Waals surface area contributed by atoms with E-state index in [2.05, 4.69) is 9.97 Å². The molecule has 2 heterocycles. The van der Waals surface area contributed by atoms with E-state index in [1.807, 2.05) is 25.1 Å². The quantitative estimate of drug-likeness (QED) is 0.283. The highest BCUT2D eigenvalue weighted by atomic mass is 35.5. The Hall–Kier alpha value is -1.70. The second-order valence-electron chi connectivity index (χ2n) is 6.16. The van der Waals surface area contributed by atoms with Gasteiger partial charge in [0.2, 0.25) is 0 Å². The Kier molecular flexibility index (Phi) is 10.0. The van der Waals surface area contributed by atoms with Gasteiger partial charge in [0.25, 0.3) is 0 Å². The lowest BCUT2D eigenvalue weighted by Crippen LogP contribution is -2.11. The number of rotatable bonds is 7. The Morgan fingerprint density at radius 1 is 1.10 bits per heavy atom. The molecule has 0 aliphatic rings. The summed E-state index contributed by atoms with van der Waals surface area (Å²) in [5.74, 6) is 1.56. The fourth-order valence-corrected chi connectivity index (χ4v) is 3.46. The van der Waals surface area contributed by atoms with Crippen LogP contribution >= 0.6 is 36.6 Å². The molecule has 0 aliphatic carbocycles. The first-order chi connectivity index (χ1) is 12.9. The molecule has 0 N–H and O–H groups in total. The third kappa shape index (κ3) is 7.57. The van der Waals surface area contributed by atoms with Crippen LogP contribution < -0.4 is 4.74 Å². The van der Waals surface area contributed by atoms with E-state index in [0.717, 1.165) is 41.5 Å². The highest BCUT2D eigenvalue weighted by molar-refractivity contribution is 7.99. The molecule has 158 valence electrons. The number of alkyl halides is 3. The van der Waals surface area contributed by atoms with Crippen molar-refractivity contribution in [1.82, 2.24) is 9.97 Å². The van der Waals surface area contributed by atoms with Gasteiger partial charge in [-0.05, 0) is 55.9 Å². The van der Waals surface area contributed by atoms with E-state index in [0.29, 0.717) is 10.9 Å². The summed E-state index contributed by atoms with van der Waals surface area (Å²) in [5.41, 5.74) is -0.311. The number of hydrogen-bond donors (Lipinski definition) is 0. The van der Waals surface area contributed by atoms with E-state index in [1.54, 1.807) is 18.5 Å². The normalized spacial score (nSPS) is 12.0. The van der Waals surface area contributed by atoms with Gasteiger partial charge in [0.15, 0.2) is 0 Å². The van der Waals surface area contributed by atoms with Crippen molar-refractivity contribution in [3.8, 4) is 5.75 Å². The van der Waals surface area contributed by atoms with Crippen LogP contribution in [0.1, 0.15) is 25.3 Å². The van der Waals surface area contributed by atoms with Gasteiger partial charge < -0.3 is 4.74 Å². The maximum absolute atomic E-state index is 12.8. The highest BCUT2D eigenvalue weighted by Gasteiger charge is 2.30. The first-order valence-electron chi connectivity index (χ1n) is 8.59. The molecule has 3 nitrogen and oxygen atoms in total. The molecule has 0 spiro atoms. The average molecular weight is 465 g/mol. The van der Waals surface area contributed by atoms with Crippen molar-refractivity contribution >= 4 is 47.5 Å². The molecular weight excluding hydrogens is 444 g/mol. The lowest BCUT2D eigenvalue weighted by atomic mass is 10.1. The van der Waals surface area contributed by atoms with Crippen molar-refractivity contribution in [2.75, 3.05) is 5.75 Å². The van der Waals surface area contributed by atoms with Gasteiger partial charge >= 0.3 is 6.18 Å². The van der Waals surface area contributed by atoms with Crippen molar-refractivity contribution < 1.29 is 17.9 Å². The molecular formula is C20H21Cl2F3N2OS. The summed E-state index contributed by atoms with van der Waals surface area (Å²) in [6.45, 7) is 2.00. The highest BCUT2D eigenvalue weighted by Crippen LogP contribution is 2.31. The molecule has 2 aromatic heterocycles. The van der Waals surface area contributed by atoms with Gasteiger partial charge in [0.05, 0.1) is 28.4 Å². The Morgan fingerprint density at radius 2 is 1.86 bits per heavy atom. The molecule has 1 atom stereocenters. The minimum absolute atomic E-state index is 0. The van der Waals surface area contributed by atoms with Gasteiger partial charge in [-0.15, -0.1) is 36.6 Å². The lowest BCUT2D eigenvalue weighted by Gasteiger charge is -2.14. The van der Waals surface area contributed by atoms with Crippen LogP contribution in [0.5, 0.6) is 5.75 Å². The molecule has 3 aromatic rings. The molecule has 0 bridgehead atoms. The van der Waals surface area contributed by atoms with E-state index in [-0.39, 0.29) is 30.9 Å². The molecule has 0 radical (unpaired) electrons. The molecule has 9 heteroatoms. The summed E-state index contributed by atoms with van der Waals surface area (Å²) < 4.78 is 44.3. The molecule has 1 unspecified atom stereocenters. The van der Waals surface area contributed by atoms with Crippen LogP contribution in [-0.2, 0) is 6.18 Å². The zero-order chi connectivity index (χ0) is 19.3. The van der Waals surface area contributed by atoms with Crippen LogP contribution in [0.2, 0.25) is 0 Å². The fourth-order valence-electron chi connectivity index (χ4n) is 2.61. The smallest absolute Gasteiger partial charge is 0.416 e. The number of halogens is 5. The molecule has 3 rings (SSSR count). The summed E-state index contributed by atoms with van der Waals surface area (Å²) >= 11 is 1.54. The van der Waals surface area contributed by atoms with Gasteiger partial charge in [-0.2, -0.15) is 13.2 Å². The minimum atomic E-state index is -4.36. The number of thioether (sulfide) groups is 1. The lowest BCUT2D eigenvalue weighted by molar-refractivity contribution is -0.137. The van der Waals surface area contributed by atoms with Gasteiger partial charge in [-0.3, -0.25) is 4.98 Å². The monoisotopic (exact) mass is 464 g/mol. The van der Waals surface area contributed by atoms with Crippen molar-refractivity contribution in [3.63, 3.8) is 0 Å². The maximum atomic E-state index is 12.8. The number of benzene rings is 1. The number of aromatic nitrogens is 2. The first kappa shape index (κ1) is 25.3. The zero-order valence-corrected chi connectivity index (χ0v) is 18.0. The van der Waals surface area contributed by atoms with Crippen LogP contribution in [-0.4, -0.2) is 21.8 Å². The minimum Gasteiger partial charge on any atom is -0.489 e. The van der Waals surface area contributed by atoms with Gasteiger partial charge in [0.1, 0.15) is 5.75 Å². The molecule has 0 fully saturated rings.